The van der Waals surface area contributed by atoms with E-state index in [1.807, 2.05) is 61.5 Å². The third kappa shape index (κ3) is 4.74. The van der Waals surface area contributed by atoms with E-state index in [2.05, 4.69) is 29.0 Å². The van der Waals surface area contributed by atoms with Crippen LogP contribution in [-0.4, -0.2) is 29.0 Å². The van der Waals surface area contributed by atoms with Gasteiger partial charge in [0, 0.05) is 31.3 Å². The van der Waals surface area contributed by atoms with Crippen LogP contribution in [0.15, 0.2) is 60.7 Å². The predicted molar refractivity (Wildman–Crippen MR) is 113 cm³/mol. The first kappa shape index (κ1) is 19.5. The lowest BCUT2D eigenvalue weighted by atomic mass is 10.1. The Morgan fingerprint density at radius 3 is 2.29 bits per heavy atom. The number of aromatic nitrogens is 2. The first-order valence-corrected chi connectivity index (χ1v) is 9.64. The summed E-state index contributed by atoms with van der Waals surface area (Å²) in [5, 5.41) is 2.97. The summed E-state index contributed by atoms with van der Waals surface area (Å²) >= 11 is 0. The average Bonchev–Trinajstić information content (AvgIpc) is 2.74. The monoisotopic (exact) mass is 374 g/mol. The minimum atomic E-state index is -0.200. The van der Waals surface area contributed by atoms with E-state index in [1.165, 1.54) is 5.56 Å². The van der Waals surface area contributed by atoms with E-state index in [9.17, 15) is 4.79 Å². The number of amides is 1. The summed E-state index contributed by atoms with van der Waals surface area (Å²) in [5.41, 5.74) is 3.52. The van der Waals surface area contributed by atoms with Gasteiger partial charge >= 0.3 is 0 Å². The molecule has 0 saturated heterocycles. The van der Waals surface area contributed by atoms with E-state index in [0.29, 0.717) is 18.1 Å². The van der Waals surface area contributed by atoms with E-state index in [-0.39, 0.29) is 5.91 Å². The lowest BCUT2D eigenvalue weighted by Crippen LogP contribution is -2.27. The number of hydrogen-bond donors (Lipinski definition) is 1. The summed E-state index contributed by atoms with van der Waals surface area (Å²) < 4.78 is 0. The molecule has 28 heavy (non-hydrogen) atoms. The lowest BCUT2D eigenvalue weighted by molar-refractivity contribution is 0.0946. The Morgan fingerprint density at radius 1 is 0.964 bits per heavy atom. The highest BCUT2D eigenvalue weighted by Gasteiger charge is 2.15. The molecule has 1 aromatic heterocycles. The Balaban J connectivity index is 1.88. The molecule has 1 N–H and O–H groups in total. The van der Waals surface area contributed by atoms with Crippen LogP contribution in [0.25, 0.3) is 11.4 Å². The summed E-state index contributed by atoms with van der Waals surface area (Å²) in [4.78, 5) is 24.1. The quantitative estimate of drug-likeness (QED) is 0.672. The Bertz CT molecular complexity index is 919. The molecule has 0 unspecified atom stereocenters. The molecule has 5 heteroatoms. The number of hydrogen-bond acceptors (Lipinski definition) is 4. The van der Waals surface area contributed by atoms with Gasteiger partial charge in [-0.05, 0) is 26.3 Å². The van der Waals surface area contributed by atoms with Crippen molar-refractivity contribution in [1.29, 1.82) is 0 Å². The van der Waals surface area contributed by atoms with Crippen molar-refractivity contribution in [2.75, 3.05) is 18.0 Å². The second kappa shape index (κ2) is 9.13. The van der Waals surface area contributed by atoms with E-state index in [1.54, 1.807) is 6.07 Å². The Labute approximate surface area is 166 Å². The smallest absolute Gasteiger partial charge is 0.270 e. The van der Waals surface area contributed by atoms with Gasteiger partial charge in [0.05, 0.1) is 0 Å². The van der Waals surface area contributed by atoms with E-state index >= 15 is 0 Å². The molecule has 3 aromatic rings. The number of benzene rings is 2. The van der Waals surface area contributed by atoms with Crippen molar-refractivity contribution < 1.29 is 4.79 Å². The SMILES string of the molecule is CCN(CC)c1cc(C(=O)NCc2ccc(C)cc2)nc(-c2ccccc2)n1. The number of carbonyl (C=O) groups is 1. The maximum atomic E-state index is 12.8. The molecule has 0 radical (unpaired) electrons. The van der Waals surface area contributed by atoms with Crippen LogP contribution in [0.3, 0.4) is 0 Å². The van der Waals surface area contributed by atoms with E-state index < -0.39 is 0 Å². The molecule has 0 spiro atoms. The number of nitrogens with zero attached hydrogens (tertiary/aromatic N) is 3. The minimum absolute atomic E-state index is 0.200. The van der Waals surface area contributed by atoms with Gasteiger partial charge in [-0.1, -0.05) is 60.2 Å². The second-order valence-electron chi connectivity index (χ2n) is 6.64. The highest BCUT2D eigenvalue weighted by molar-refractivity contribution is 5.93. The molecule has 144 valence electrons. The lowest BCUT2D eigenvalue weighted by Gasteiger charge is -2.21. The summed E-state index contributed by atoms with van der Waals surface area (Å²) in [5.74, 6) is 1.12. The molecule has 0 aliphatic carbocycles. The molecule has 3 rings (SSSR count). The molecule has 0 saturated carbocycles. The maximum Gasteiger partial charge on any atom is 0.270 e. The first-order valence-electron chi connectivity index (χ1n) is 9.64. The van der Waals surface area contributed by atoms with Crippen molar-refractivity contribution in [3.8, 4) is 11.4 Å². The second-order valence-corrected chi connectivity index (χ2v) is 6.64. The van der Waals surface area contributed by atoms with Crippen molar-refractivity contribution in [2.24, 2.45) is 0 Å². The zero-order valence-electron chi connectivity index (χ0n) is 16.6. The molecule has 0 aliphatic rings. The van der Waals surface area contributed by atoms with Crippen molar-refractivity contribution in [3.05, 3.63) is 77.5 Å². The summed E-state index contributed by atoms with van der Waals surface area (Å²) in [6, 6.07) is 19.6. The van der Waals surface area contributed by atoms with Gasteiger partial charge in [0.15, 0.2) is 5.82 Å². The topological polar surface area (TPSA) is 58.1 Å². The van der Waals surface area contributed by atoms with Crippen LogP contribution in [-0.2, 0) is 6.54 Å². The average molecular weight is 374 g/mol. The Hall–Kier alpha value is -3.21. The fraction of sp³-hybridized carbons (Fsp3) is 0.261. The van der Waals surface area contributed by atoms with Crippen LogP contribution < -0.4 is 10.2 Å². The van der Waals surface area contributed by atoms with Gasteiger partial charge in [0.25, 0.3) is 5.91 Å². The van der Waals surface area contributed by atoms with Gasteiger partial charge in [-0.15, -0.1) is 0 Å². The van der Waals surface area contributed by atoms with Crippen molar-refractivity contribution in [1.82, 2.24) is 15.3 Å². The third-order valence-corrected chi connectivity index (χ3v) is 4.64. The summed E-state index contributed by atoms with van der Waals surface area (Å²) in [6.07, 6.45) is 0. The fourth-order valence-corrected chi connectivity index (χ4v) is 2.96. The number of rotatable bonds is 7. The van der Waals surface area contributed by atoms with Crippen LogP contribution in [0.2, 0.25) is 0 Å². The highest BCUT2D eigenvalue weighted by Crippen LogP contribution is 2.20. The standard InChI is InChI=1S/C23H26N4O/c1-4-27(5-2)21-15-20(25-22(26-21)19-9-7-6-8-10-19)23(28)24-16-18-13-11-17(3)12-14-18/h6-15H,4-5,16H2,1-3H3,(H,24,28). The normalized spacial score (nSPS) is 10.5. The van der Waals surface area contributed by atoms with Crippen LogP contribution in [0.5, 0.6) is 0 Å². The van der Waals surface area contributed by atoms with Gasteiger partial charge in [0.2, 0.25) is 0 Å². The van der Waals surface area contributed by atoms with Crippen LogP contribution in [0.4, 0.5) is 5.82 Å². The fourth-order valence-electron chi connectivity index (χ4n) is 2.96. The molecular formula is C23H26N4O. The minimum Gasteiger partial charge on any atom is -0.357 e. The Morgan fingerprint density at radius 2 is 1.64 bits per heavy atom. The molecular weight excluding hydrogens is 348 g/mol. The van der Waals surface area contributed by atoms with Gasteiger partial charge in [0.1, 0.15) is 11.5 Å². The van der Waals surface area contributed by atoms with Crippen molar-refractivity contribution >= 4 is 11.7 Å². The largest absolute Gasteiger partial charge is 0.357 e. The Kier molecular flexibility index (Phi) is 6.37. The van der Waals surface area contributed by atoms with Gasteiger partial charge in [-0.25, -0.2) is 9.97 Å². The van der Waals surface area contributed by atoms with Gasteiger partial charge < -0.3 is 10.2 Å². The number of carbonyl (C=O) groups excluding carboxylic acids is 1. The number of anilines is 1. The number of nitrogens with one attached hydrogen (secondary N) is 1. The molecule has 0 bridgehead atoms. The highest BCUT2D eigenvalue weighted by atomic mass is 16.1. The molecule has 2 aromatic carbocycles. The van der Waals surface area contributed by atoms with Crippen molar-refractivity contribution in [2.45, 2.75) is 27.3 Å². The molecule has 0 atom stereocenters. The van der Waals surface area contributed by atoms with Crippen molar-refractivity contribution in [3.63, 3.8) is 0 Å². The first-order chi connectivity index (χ1) is 13.6. The predicted octanol–water partition coefficient (Wildman–Crippen LogP) is 4.23. The molecule has 5 nitrogen and oxygen atoms in total. The van der Waals surface area contributed by atoms with E-state index in [0.717, 1.165) is 30.0 Å². The van der Waals surface area contributed by atoms with Gasteiger partial charge in [-0.3, -0.25) is 4.79 Å². The van der Waals surface area contributed by atoms with Crippen LogP contribution in [0, 0.1) is 6.92 Å². The van der Waals surface area contributed by atoms with Gasteiger partial charge in [-0.2, -0.15) is 0 Å². The summed E-state index contributed by atoms with van der Waals surface area (Å²) in [6.45, 7) is 8.28. The third-order valence-electron chi connectivity index (χ3n) is 4.64. The van der Waals surface area contributed by atoms with E-state index in [4.69, 9.17) is 4.98 Å². The molecule has 1 amide bonds. The van der Waals surface area contributed by atoms with Crippen LogP contribution in [0.1, 0.15) is 35.5 Å². The van der Waals surface area contributed by atoms with Crippen LogP contribution >= 0.6 is 0 Å². The molecule has 0 aliphatic heterocycles. The molecule has 1 heterocycles. The zero-order chi connectivity index (χ0) is 19.9. The number of aryl methyl sites for hydroxylation is 1. The zero-order valence-corrected chi connectivity index (χ0v) is 16.6. The maximum absolute atomic E-state index is 12.8. The summed E-state index contributed by atoms with van der Waals surface area (Å²) in [7, 11) is 0. The molecule has 0 fully saturated rings.